The number of likely N-dealkylation sites (tertiary alicyclic amines) is 1. The van der Waals surface area contributed by atoms with Crippen LogP contribution in [-0.2, 0) is 11.3 Å². The molecule has 0 radical (unpaired) electrons. The number of hydrogen-bond acceptors (Lipinski definition) is 2. The monoisotopic (exact) mass is 346 g/mol. The SMILES string of the molecule is O=C(Nc1ccccc1Cl)C1CCN(Cc2ccc(F)cc2)CC1. The highest BCUT2D eigenvalue weighted by molar-refractivity contribution is 6.33. The molecule has 3 rings (SSSR count). The van der Waals surface area contributed by atoms with E-state index in [2.05, 4.69) is 10.2 Å². The molecular weight excluding hydrogens is 327 g/mol. The van der Waals surface area contributed by atoms with Crippen LogP contribution in [0.3, 0.4) is 0 Å². The van der Waals surface area contributed by atoms with Crippen LogP contribution in [0.25, 0.3) is 0 Å². The summed E-state index contributed by atoms with van der Waals surface area (Å²) in [5.74, 6) is -0.177. The maximum absolute atomic E-state index is 12.9. The second-order valence-electron chi connectivity index (χ2n) is 6.15. The first-order valence-corrected chi connectivity index (χ1v) is 8.52. The molecule has 1 amide bonds. The van der Waals surface area contributed by atoms with Gasteiger partial charge in [-0.05, 0) is 55.8 Å². The first kappa shape index (κ1) is 16.9. The molecular formula is C19H20ClFN2O. The van der Waals surface area contributed by atoms with Gasteiger partial charge in [-0.15, -0.1) is 0 Å². The zero-order chi connectivity index (χ0) is 16.9. The minimum absolute atomic E-state index is 0.00532. The summed E-state index contributed by atoms with van der Waals surface area (Å²) < 4.78 is 12.9. The first-order valence-electron chi connectivity index (χ1n) is 8.14. The Bertz CT molecular complexity index is 697. The third-order valence-electron chi connectivity index (χ3n) is 4.41. The molecule has 1 heterocycles. The second-order valence-corrected chi connectivity index (χ2v) is 6.55. The van der Waals surface area contributed by atoms with Gasteiger partial charge < -0.3 is 5.32 Å². The Balaban J connectivity index is 1.50. The molecule has 0 saturated carbocycles. The molecule has 1 N–H and O–H groups in total. The molecule has 24 heavy (non-hydrogen) atoms. The fourth-order valence-electron chi connectivity index (χ4n) is 3.00. The zero-order valence-corrected chi connectivity index (χ0v) is 14.1. The number of amides is 1. The summed E-state index contributed by atoms with van der Waals surface area (Å²) in [5.41, 5.74) is 1.76. The van der Waals surface area contributed by atoms with Crippen LogP contribution in [0.15, 0.2) is 48.5 Å². The number of nitrogens with zero attached hydrogens (tertiary/aromatic N) is 1. The minimum Gasteiger partial charge on any atom is -0.325 e. The molecule has 1 aliphatic heterocycles. The van der Waals surface area contributed by atoms with Crippen LogP contribution in [0, 0.1) is 11.7 Å². The summed E-state index contributed by atoms with van der Waals surface area (Å²) in [6.45, 7) is 2.51. The number of para-hydroxylation sites is 1. The molecule has 3 nitrogen and oxygen atoms in total. The Kier molecular flexibility index (Phi) is 5.48. The van der Waals surface area contributed by atoms with E-state index in [4.69, 9.17) is 11.6 Å². The number of rotatable bonds is 4. The predicted molar refractivity (Wildman–Crippen MR) is 94.5 cm³/mol. The van der Waals surface area contributed by atoms with Crippen molar-refractivity contribution < 1.29 is 9.18 Å². The molecule has 1 fully saturated rings. The van der Waals surface area contributed by atoms with Crippen LogP contribution in [0.4, 0.5) is 10.1 Å². The van der Waals surface area contributed by atoms with Gasteiger partial charge in [0.1, 0.15) is 5.82 Å². The van der Waals surface area contributed by atoms with Crippen LogP contribution in [0.5, 0.6) is 0 Å². The lowest BCUT2D eigenvalue weighted by molar-refractivity contribution is -0.121. The largest absolute Gasteiger partial charge is 0.325 e. The van der Waals surface area contributed by atoms with Crippen LogP contribution >= 0.6 is 11.6 Å². The standard InChI is InChI=1S/C19H20ClFN2O/c20-17-3-1-2-4-18(17)22-19(24)15-9-11-23(12-10-15)13-14-5-7-16(21)8-6-14/h1-8,15H,9-13H2,(H,22,24). The van der Waals surface area contributed by atoms with Gasteiger partial charge in [-0.3, -0.25) is 9.69 Å². The Morgan fingerprint density at radius 1 is 1.12 bits per heavy atom. The Morgan fingerprint density at radius 3 is 2.46 bits per heavy atom. The summed E-state index contributed by atoms with van der Waals surface area (Å²) in [6.07, 6.45) is 1.63. The summed E-state index contributed by atoms with van der Waals surface area (Å²) in [6, 6.07) is 13.9. The van der Waals surface area contributed by atoms with E-state index in [9.17, 15) is 9.18 Å². The van der Waals surface area contributed by atoms with Gasteiger partial charge >= 0.3 is 0 Å². The van der Waals surface area contributed by atoms with Gasteiger partial charge in [0.05, 0.1) is 10.7 Å². The first-order chi connectivity index (χ1) is 11.6. The molecule has 0 bridgehead atoms. The van der Waals surface area contributed by atoms with Gasteiger partial charge in [0.15, 0.2) is 0 Å². The Hall–Kier alpha value is -1.91. The van der Waals surface area contributed by atoms with E-state index in [0.29, 0.717) is 10.7 Å². The molecule has 2 aromatic rings. The van der Waals surface area contributed by atoms with Crippen molar-refractivity contribution in [1.29, 1.82) is 0 Å². The molecule has 1 saturated heterocycles. The van der Waals surface area contributed by atoms with E-state index in [-0.39, 0.29) is 17.6 Å². The van der Waals surface area contributed by atoms with Crippen molar-refractivity contribution in [2.45, 2.75) is 19.4 Å². The van der Waals surface area contributed by atoms with Crippen LogP contribution < -0.4 is 5.32 Å². The van der Waals surface area contributed by atoms with Gasteiger partial charge in [0.25, 0.3) is 0 Å². The second kappa shape index (κ2) is 7.77. The van der Waals surface area contributed by atoms with Crippen molar-refractivity contribution in [3.8, 4) is 0 Å². The van der Waals surface area contributed by atoms with Crippen molar-refractivity contribution in [2.24, 2.45) is 5.92 Å². The Morgan fingerprint density at radius 2 is 1.79 bits per heavy atom. The number of nitrogens with one attached hydrogen (secondary N) is 1. The summed E-state index contributed by atoms with van der Waals surface area (Å²) in [5, 5.41) is 3.47. The van der Waals surface area contributed by atoms with E-state index in [0.717, 1.165) is 38.0 Å². The molecule has 126 valence electrons. The highest BCUT2D eigenvalue weighted by atomic mass is 35.5. The predicted octanol–water partition coefficient (Wildman–Crippen LogP) is 4.33. The van der Waals surface area contributed by atoms with Crippen molar-refractivity contribution in [1.82, 2.24) is 4.90 Å². The molecule has 0 unspecified atom stereocenters. The number of halogens is 2. The smallest absolute Gasteiger partial charge is 0.227 e. The molecule has 1 aliphatic rings. The van der Waals surface area contributed by atoms with Crippen LogP contribution in [0.1, 0.15) is 18.4 Å². The highest BCUT2D eigenvalue weighted by Crippen LogP contribution is 2.24. The lowest BCUT2D eigenvalue weighted by Gasteiger charge is -2.31. The van der Waals surface area contributed by atoms with E-state index >= 15 is 0 Å². The van der Waals surface area contributed by atoms with Gasteiger partial charge in [-0.25, -0.2) is 4.39 Å². The third kappa shape index (κ3) is 4.34. The average Bonchev–Trinajstić information content (AvgIpc) is 2.59. The number of carbonyl (C=O) groups excluding carboxylic acids is 1. The fraction of sp³-hybridized carbons (Fsp3) is 0.316. The van der Waals surface area contributed by atoms with Crippen molar-refractivity contribution >= 4 is 23.2 Å². The maximum atomic E-state index is 12.9. The highest BCUT2D eigenvalue weighted by Gasteiger charge is 2.25. The van der Waals surface area contributed by atoms with E-state index < -0.39 is 0 Å². The molecule has 5 heteroatoms. The normalized spacial score (nSPS) is 16.1. The molecule has 0 atom stereocenters. The van der Waals surface area contributed by atoms with Crippen molar-refractivity contribution in [2.75, 3.05) is 18.4 Å². The van der Waals surface area contributed by atoms with Crippen LogP contribution in [0.2, 0.25) is 5.02 Å². The number of piperidine rings is 1. The molecule has 2 aromatic carbocycles. The summed E-state index contributed by atoms with van der Waals surface area (Å²) >= 11 is 6.08. The van der Waals surface area contributed by atoms with Gasteiger partial charge in [-0.1, -0.05) is 35.9 Å². The lowest BCUT2D eigenvalue weighted by atomic mass is 9.95. The number of benzene rings is 2. The van der Waals surface area contributed by atoms with Gasteiger partial charge in [0.2, 0.25) is 5.91 Å². The summed E-state index contributed by atoms with van der Waals surface area (Å²) in [4.78, 5) is 14.7. The van der Waals surface area contributed by atoms with Gasteiger partial charge in [-0.2, -0.15) is 0 Å². The van der Waals surface area contributed by atoms with Crippen LogP contribution in [-0.4, -0.2) is 23.9 Å². The van der Waals surface area contributed by atoms with Crippen molar-refractivity contribution in [3.05, 3.63) is 64.9 Å². The zero-order valence-electron chi connectivity index (χ0n) is 13.3. The molecule has 0 aliphatic carbocycles. The molecule has 0 aromatic heterocycles. The van der Waals surface area contributed by atoms with E-state index in [1.165, 1.54) is 12.1 Å². The lowest BCUT2D eigenvalue weighted by Crippen LogP contribution is -2.37. The fourth-order valence-corrected chi connectivity index (χ4v) is 3.18. The summed E-state index contributed by atoms with van der Waals surface area (Å²) in [7, 11) is 0. The average molecular weight is 347 g/mol. The van der Waals surface area contributed by atoms with Gasteiger partial charge in [0, 0.05) is 12.5 Å². The van der Waals surface area contributed by atoms with Crippen molar-refractivity contribution in [3.63, 3.8) is 0 Å². The quantitative estimate of drug-likeness (QED) is 0.893. The number of carbonyl (C=O) groups is 1. The topological polar surface area (TPSA) is 32.3 Å². The van der Waals surface area contributed by atoms with E-state index in [1.807, 2.05) is 30.3 Å². The third-order valence-corrected chi connectivity index (χ3v) is 4.74. The number of hydrogen-bond donors (Lipinski definition) is 1. The Labute approximate surface area is 146 Å². The minimum atomic E-state index is -0.214. The number of anilines is 1. The molecule has 0 spiro atoms. The maximum Gasteiger partial charge on any atom is 0.227 e. The van der Waals surface area contributed by atoms with E-state index in [1.54, 1.807) is 6.07 Å².